The van der Waals surface area contributed by atoms with Crippen LogP contribution in [0.2, 0.25) is 0 Å². The van der Waals surface area contributed by atoms with Crippen molar-refractivity contribution in [3.63, 3.8) is 0 Å². The molecule has 1 atom stereocenters. The number of hydrogen-bond donors (Lipinski definition) is 3. The fraction of sp³-hybridized carbons (Fsp3) is 0.250. The maximum atomic E-state index is 14.2. The van der Waals surface area contributed by atoms with Crippen molar-refractivity contribution in [3.8, 4) is 0 Å². The zero-order chi connectivity index (χ0) is 19.8. The number of benzene rings is 2. The third kappa shape index (κ3) is 5.46. The van der Waals surface area contributed by atoms with Crippen LogP contribution in [0, 0.1) is 5.82 Å². The van der Waals surface area contributed by atoms with Crippen molar-refractivity contribution in [2.24, 2.45) is 4.99 Å². The van der Waals surface area contributed by atoms with Crippen molar-refractivity contribution in [3.05, 3.63) is 71.0 Å². The van der Waals surface area contributed by atoms with Crippen molar-refractivity contribution < 1.29 is 24.2 Å². The number of aliphatic carboxylic acids is 2. The van der Waals surface area contributed by atoms with E-state index in [2.05, 4.69) is 11.4 Å². The molecule has 0 saturated heterocycles. The van der Waals surface area contributed by atoms with Crippen LogP contribution in [0.5, 0.6) is 0 Å². The van der Waals surface area contributed by atoms with E-state index in [1.54, 1.807) is 6.07 Å². The Morgan fingerprint density at radius 1 is 1.07 bits per heavy atom. The number of carboxylic acid groups (broad SMARTS) is 2. The third-order valence-electron chi connectivity index (χ3n) is 4.08. The summed E-state index contributed by atoms with van der Waals surface area (Å²) in [4.78, 5) is 23.0. The lowest BCUT2D eigenvalue weighted by molar-refractivity contribution is -0.159. The lowest BCUT2D eigenvalue weighted by Crippen LogP contribution is -2.25. The maximum Gasteiger partial charge on any atom is 0.414 e. The number of halogens is 1. The topological polar surface area (TPSA) is 99.0 Å². The van der Waals surface area contributed by atoms with E-state index < -0.39 is 11.9 Å². The van der Waals surface area contributed by atoms with Crippen molar-refractivity contribution >= 4 is 17.7 Å². The molecule has 0 fully saturated rings. The first-order valence-electron chi connectivity index (χ1n) is 8.45. The van der Waals surface area contributed by atoms with E-state index in [1.807, 2.05) is 37.4 Å². The van der Waals surface area contributed by atoms with Crippen molar-refractivity contribution in [2.75, 3.05) is 13.6 Å². The standard InChI is InChI=1S/C18H19FN2.C2H2O4/c1-20-11-10-14-12-13-6-2-3-7-15(13)18(21-14)16-8-4-5-9-17(16)19;3-1(4)2(5)6/h2-9,14,20H,10-12H2,1H3;(H,3,4)(H,5,6). The van der Waals surface area contributed by atoms with E-state index in [9.17, 15) is 4.39 Å². The minimum Gasteiger partial charge on any atom is -0.473 e. The molecule has 0 saturated carbocycles. The van der Waals surface area contributed by atoms with Gasteiger partial charge < -0.3 is 15.5 Å². The van der Waals surface area contributed by atoms with Crippen LogP contribution < -0.4 is 5.32 Å². The molecule has 0 spiro atoms. The highest BCUT2D eigenvalue weighted by Gasteiger charge is 2.22. The Hall–Kier alpha value is -3.06. The summed E-state index contributed by atoms with van der Waals surface area (Å²) in [6, 6.07) is 15.3. The Morgan fingerprint density at radius 2 is 1.67 bits per heavy atom. The summed E-state index contributed by atoms with van der Waals surface area (Å²) >= 11 is 0. The Kier molecular flexibility index (Phi) is 7.19. The number of carbonyl (C=O) groups is 2. The predicted octanol–water partition coefficient (Wildman–Crippen LogP) is 2.35. The maximum absolute atomic E-state index is 14.2. The smallest absolute Gasteiger partial charge is 0.414 e. The van der Waals surface area contributed by atoms with Crippen molar-refractivity contribution in [1.82, 2.24) is 5.32 Å². The summed E-state index contributed by atoms with van der Waals surface area (Å²) in [5.41, 5.74) is 3.70. The van der Waals surface area contributed by atoms with Gasteiger partial charge in [0.15, 0.2) is 0 Å². The average Bonchev–Trinajstić information content (AvgIpc) is 2.66. The minimum atomic E-state index is -1.82. The van der Waals surface area contributed by atoms with Gasteiger partial charge in [-0.2, -0.15) is 0 Å². The molecular weight excluding hydrogens is 351 g/mol. The van der Waals surface area contributed by atoms with Gasteiger partial charge in [0.2, 0.25) is 0 Å². The van der Waals surface area contributed by atoms with Crippen LogP contribution >= 0.6 is 0 Å². The molecule has 2 aromatic carbocycles. The number of fused-ring (bicyclic) bond motifs is 1. The second-order valence-corrected chi connectivity index (χ2v) is 5.98. The molecule has 1 heterocycles. The molecule has 142 valence electrons. The third-order valence-corrected chi connectivity index (χ3v) is 4.08. The molecule has 3 rings (SSSR count). The first-order valence-corrected chi connectivity index (χ1v) is 8.45. The van der Waals surface area contributed by atoms with E-state index >= 15 is 0 Å². The van der Waals surface area contributed by atoms with Gasteiger partial charge >= 0.3 is 11.9 Å². The van der Waals surface area contributed by atoms with E-state index in [0.717, 1.165) is 30.7 Å². The highest BCUT2D eigenvalue weighted by Crippen LogP contribution is 2.25. The fourth-order valence-electron chi connectivity index (χ4n) is 2.83. The molecule has 1 unspecified atom stereocenters. The molecule has 1 aliphatic rings. The lowest BCUT2D eigenvalue weighted by atomic mass is 9.89. The van der Waals surface area contributed by atoms with Crippen molar-refractivity contribution in [2.45, 2.75) is 18.9 Å². The van der Waals surface area contributed by atoms with Crippen LogP contribution in [-0.2, 0) is 16.0 Å². The Morgan fingerprint density at radius 3 is 2.26 bits per heavy atom. The summed E-state index contributed by atoms with van der Waals surface area (Å²) in [6.45, 7) is 0.918. The molecular formula is C20H21FN2O4. The Balaban J connectivity index is 0.000000380. The van der Waals surface area contributed by atoms with Crippen LogP contribution in [0.4, 0.5) is 4.39 Å². The largest absolute Gasteiger partial charge is 0.473 e. The van der Waals surface area contributed by atoms with Gasteiger partial charge in [-0.15, -0.1) is 0 Å². The highest BCUT2D eigenvalue weighted by atomic mass is 19.1. The molecule has 0 amide bonds. The van der Waals surface area contributed by atoms with Gasteiger partial charge in [0, 0.05) is 11.1 Å². The quantitative estimate of drug-likeness (QED) is 0.716. The first-order chi connectivity index (χ1) is 12.9. The van der Waals surface area contributed by atoms with E-state index in [-0.39, 0.29) is 11.9 Å². The molecule has 3 N–H and O–H groups in total. The molecule has 0 aromatic heterocycles. The first kappa shape index (κ1) is 20.3. The molecule has 0 bridgehead atoms. The fourth-order valence-corrected chi connectivity index (χ4v) is 2.83. The lowest BCUT2D eigenvalue weighted by Gasteiger charge is -2.24. The van der Waals surface area contributed by atoms with Crippen LogP contribution in [-0.4, -0.2) is 47.5 Å². The molecule has 27 heavy (non-hydrogen) atoms. The van der Waals surface area contributed by atoms with E-state index in [1.165, 1.54) is 11.6 Å². The highest BCUT2D eigenvalue weighted by molar-refractivity contribution is 6.27. The second-order valence-electron chi connectivity index (χ2n) is 5.98. The van der Waals surface area contributed by atoms with Crippen LogP contribution in [0.25, 0.3) is 0 Å². The number of rotatable bonds is 4. The van der Waals surface area contributed by atoms with Crippen molar-refractivity contribution in [1.29, 1.82) is 0 Å². The number of nitrogens with one attached hydrogen (secondary N) is 1. The van der Waals surface area contributed by atoms with E-state index in [0.29, 0.717) is 5.56 Å². The summed E-state index contributed by atoms with van der Waals surface area (Å²) in [5.74, 6) is -3.86. The summed E-state index contributed by atoms with van der Waals surface area (Å²) in [7, 11) is 1.94. The molecule has 7 heteroatoms. The number of carboxylic acids is 2. The normalized spacial score (nSPS) is 15.0. The summed E-state index contributed by atoms with van der Waals surface area (Å²) in [5, 5.41) is 17.9. The number of aliphatic imine (C=N–C) groups is 1. The molecule has 0 aliphatic carbocycles. The number of nitrogens with zero attached hydrogens (tertiary/aromatic N) is 1. The van der Waals surface area contributed by atoms with Crippen LogP contribution in [0.15, 0.2) is 53.5 Å². The van der Waals surface area contributed by atoms with Gasteiger partial charge in [-0.1, -0.05) is 36.4 Å². The van der Waals surface area contributed by atoms with Gasteiger partial charge in [-0.25, -0.2) is 14.0 Å². The zero-order valence-electron chi connectivity index (χ0n) is 14.9. The minimum absolute atomic E-state index is 0.208. The summed E-state index contributed by atoms with van der Waals surface area (Å²) in [6.07, 6.45) is 1.89. The average molecular weight is 372 g/mol. The SMILES string of the molecule is CNCCC1Cc2ccccc2C(c2ccccc2F)=N1.O=C(O)C(=O)O. The van der Waals surface area contributed by atoms with Gasteiger partial charge in [-0.3, -0.25) is 4.99 Å². The predicted molar refractivity (Wildman–Crippen MR) is 99.8 cm³/mol. The molecule has 0 radical (unpaired) electrons. The van der Waals surface area contributed by atoms with Gasteiger partial charge in [0.05, 0.1) is 11.8 Å². The molecule has 6 nitrogen and oxygen atoms in total. The van der Waals surface area contributed by atoms with Gasteiger partial charge in [-0.05, 0) is 44.1 Å². The Bertz CT molecular complexity index is 839. The molecule has 2 aromatic rings. The monoisotopic (exact) mass is 372 g/mol. The summed E-state index contributed by atoms with van der Waals surface area (Å²) < 4.78 is 14.2. The Labute approximate surface area is 156 Å². The van der Waals surface area contributed by atoms with Crippen LogP contribution in [0.1, 0.15) is 23.1 Å². The molecule has 1 aliphatic heterocycles. The second kappa shape index (κ2) is 9.59. The van der Waals surface area contributed by atoms with Gasteiger partial charge in [0.1, 0.15) is 5.82 Å². The van der Waals surface area contributed by atoms with E-state index in [4.69, 9.17) is 24.8 Å². The van der Waals surface area contributed by atoms with Gasteiger partial charge in [0.25, 0.3) is 0 Å². The number of hydrogen-bond acceptors (Lipinski definition) is 4. The zero-order valence-corrected chi connectivity index (χ0v) is 14.9. The van der Waals surface area contributed by atoms with Crippen LogP contribution in [0.3, 0.4) is 0 Å².